The van der Waals surface area contributed by atoms with Crippen molar-refractivity contribution in [1.82, 2.24) is 9.29 Å². The molecule has 1 aromatic heterocycles. The van der Waals surface area contributed by atoms with E-state index in [1.54, 1.807) is 10.8 Å². The van der Waals surface area contributed by atoms with Crippen LogP contribution in [0.5, 0.6) is 0 Å². The number of nitrogens with one attached hydrogen (secondary N) is 1. The fourth-order valence-corrected chi connectivity index (χ4v) is 2.16. The molecule has 0 bridgehead atoms. The van der Waals surface area contributed by atoms with Gasteiger partial charge in [-0.1, -0.05) is 6.92 Å². The second-order valence-electron chi connectivity index (χ2n) is 3.23. The van der Waals surface area contributed by atoms with Crippen molar-refractivity contribution >= 4 is 10.0 Å². The predicted octanol–water partition coefficient (Wildman–Crippen LogP) is 0.298. The van der Waals surface area contributed by atoms with Crippen molar-refractivity contribution in [2.24, 2.45) is 0 Å². The summed E-state index contributed by atoms with van der Waals surface area (Å²) >= 11 is 0. The minimum absolute atomic E-state index is 0.154. The van der Waals surface area contributed by atoms with Gasteiger partial charge in [-0.3, -0.25) is 0 Å². The molecule has 15 heavy (non-hydrogen) atoms. The molecule has 0 aliphatic rings. The highest BCUT2D eigenvalue weighted by Crippen LogP contribution is 2.14. The summed E-state index contributed by atoms with van der Waals surface area (Å²) < 4.78 is 27.0. The molecule has 0 aliphatic carbocycles. The maximum Gasteiger partial charge on any atom is 0.241 e. The van der Waals surface area contributed by atoms with Crippen LogP contribution in [0.2, 0.25) is 0 Å². The first-order valence-corrected chi connectivity index (χ1v) is 6.27. The van der Waals surface area contributed by atoms with Gasteiger partial charge < -0.3 is 9.67 Å². The van der Waals surface area contributed by atoms with Crippen LogP contribution in [0.25, 0.3) is 0 Å². The number of hydrogen-bond donors (Lipinski definition) is 2. The molecule has 0 aliphatic heterocycles. The van der Waals surface area contributed by atoms with E-state index in [-0.39, 0.29) is 11.5 Å². The van der Waals surface area contributed by atoms with Gasteiger partial charge in [-0.15, -0.1) is 0 Å². The predicted molar refractivity (Wildman–Crippen MR) is 56.9 cm³/mol. The molecule has 0 saturated heterocycles. The Hall–Kier alpha value is -0.850. The van der Waals surface area contributed by atoms with Gasteiger partial charge >= 0.3 is 0 Å². The lowest BCUT2D eigenvalue weighted by atomic mass is 10.4. The molecule has 0 saturated carbocycles. The van der Waals surface area contributed by atoms with Crippen LogP contribution in [-0.2, 0) is 23.2 Å². The van der Waals surface area contributed by atoms with Gasteiger partial charge in [0.05, 0.1) is 11.5 Å². The first kappa shape index (κ1) is 12.2. The quantitative estimate of drug-likeness (QED) is 0.767. The van der Waals surface area contributed by atoms with E-state index in [1.165, 1.54) is 13.1 Å². The lowest BCUT2D eigenvalue weighted by Gasteiger charge is -2.03. The molecule has 0 spiro atoms. The van der Waals surface area contributed by atoms with Gasteiger partial charge in [-0.2, -0.15) is 0 Å². The normalized spacial score (nSPS) is 11.9. The van der Waals surface area contributed by atoms with Gasteiger partial charge in [-0.05, 0) is 19.5 Å². The van der Waals surface area contributed by atoms with Crippen molar-refractivity contribution in [3.63, 3.8) is 0 Å². The van der Waals surface area contributed by atoms with E-state index in [2.05, 4.69) is 4.72 Å². The zero-order chi connectivity index (χ0) is 11.5. The van der Waals surface area contributed by atoms with E-state index in [0.29, 0.717) is 12.2 Å². The molecule has 5 nitrogen and oxygen atoms in total. The van der Waals surface area contributed by atoms with Crippen molar-refractivity contribution in [3.05, 3.63) is 18.0 Å². The summed E-state index contributed by atoms with van der Waals surface area (Å²) in [6.07, 6.45) is 2.43. The van der Waals surface area contributed by atoms with E-state index in [1.807, 2.05) is 6.92 Å². The van der Waals surface area contributed by atoms with Crippen LogP contribution in [0.15, 0.2) is 17.2 Å². The van der Waals surface area contributed by atoms with E-state index in [0.717, 1.165) is 6.42 Å². The number of aliphatic hydroxyl groups excluding tert-OH is 1. The lowest BCUT2D eigenvalue weighted by Crippen LogP contribution is -2.17. The second kappa shape index (κ2) is 4.78. The second-order valence-corrected chi connectivity index (χ2v) is 5.11. The lowest BCUT2D eigenvalue weighted by molar-refractivity contribution is 0.270. The van der Waals surface area contributed by atoms with E-state index in [9.17, 15) is 8.42 Å². The van der Waals surface area contributed by atoms with Crippen molar-refractivity contribution < 1.29 is 13.5 Å². The molecular formula is C9H16N2O3S. The van der Waals surface area contributed by atoms with Crippen LogP contribution in [0.4, 0.5) is 0 Å². The third-order valence-electron chi connectivity index (χ3n) is 2.17. The molecule has 1 heterocycles. The van der Waals surface area contributed by atoms with Crippen molar-refractivity contribution in [1.29, 1.82) is 0 Å². The Morgan fingerprint density at radius 3 is 2.67 bits per heavy atom. The van der Waals surface area contributed by atoms with Crippen LogP contribution < -0.4 is 4.72 Å². The van der Waals surface area contributed by atoms with Gasteiger partial charge in [-0.25, -0.2) is 13.1 Å². The number of aliphatic hydroxyl groups is 1. The van der Waals surface area contributed by atoms with E-state index >= 15 is 0 Å². The minimum Gasteiger partial charge on any atom is -0.390 e. The average molecular weight is 232 g/mol. The smallest absolute Gasteiger partial charge is 0.241 e. The molecule has 0 aromatic carbocycles. The molecule has 1 aromatic rings. The zero-order valence-electron chi connectivity index (χ0n) is 8.90. The highest BCUT2D eigenvalue weighted by molar-refractivity contribution is 7.89. The summed E-state index contributed by atoms with van der Waals surface area (Å²) in [4.78, 5) is 0.197. The van der Waals surface area contributed by atoms with Gasteiger partial charge in [0, 0.05) is 18.4 Å². The van der Waals surface area contributed by atoms with Crippen LogP contribution >= 0.6 is 0 Å². The van der Waals surface area contributed by atoms with Gasteiger partial charge in [0.25, 0.3) is 0 Å². The van der Waals surface area contributed by atoms with Crippen molar-refractivity contribution in [2.75, 3.05) is 7.05 Å². The van der Waals surface area contributed by atoms with Gasteiger partial charge in [0.15, 0.2) is 0 Å². The standard InChI is InChI=1S/C9H16N2O3S/c1-3-4-11-6-9(5-8(11)7-12)15(13,14)10-2/h5-6,10,12H,3-4,7H2,1-2H3. The maximum absolute atomic E-state index is 11.5. The molecule has 2 N–H and O–H groups in total. The van der Waals surface area contributed by atoms with Gasteiger partial charge in [0.2, 0.25) is 10.0 Å². The van der Waals surface area contributed by atoms with Crippen LogP contribution in [0.1, 0.15) is 19.0 Å². The molecule has 0 radical (unpaired) electrons. The van der Waals surface area contributed by atoms with Crippen LogP contribution in [0, 0.1) is 0 Å². The summed E-state index contributed by atoms with van der Waals surface area (Å²) in [5.41, 5.74) is 0.616. The topological polar surface area (TPSA) is 71.3 Å². The molecule has 6 heteroatoms. The SMILES string of the molecule is CCCn1cc(S(=O)(=O)NC)cc1CO. The fourth-order valence-electron chi connectivity index (χ4n) is 1.37. The summed E-state index contributed by atoms with van der Waals surface area (Å²) in [5.74, 6) is 0. The Morgan fingerprint density at radius 1 is 1.53 bits per heavy atom. The molecule has 0 amide bonds. The molecule has 86 valence electrons. The monoisotopic (exact) mass is 232 g/mol. The molecule has 0 atom stereocenters. The summed E-state index contributed by atoms with van der Waals surface area (Å²) in [6, 6.07) is 1.49. The number of nitrogens with zero attached hydrogens (tertiary/aromatic N) is 1. The summed E-state index contributed by atoms with van der Waals surface area (Å²) in [7, 11) is -2.04. The molecule has 0 unspecified atom stereocenters. The number of aryl methyl sites for hydroxylation is 1. The Labute approximate surface area is 89.8 Å². The highest BCUT2D eigenvalue weighted by Gasteiger charge is 2.15. The zero-order valence-corrected chi connectivity index (χ0v) is 9.71. The first-order valence-electron chi connectivity index (χ1n) is 4.78. The van der Waals surface area contributed by atoms with Crippen LogP contribution in [0.3, 0.4) is 0 Å². The minimum atomic E-state index is -3.41. The third-order valence-corrected chi connectivity index (χ3v) is 3.55. The number of rotatable bonds is 5. The molecule has 0 fully saturated rings. The average Bonchev–Trinajstić information content (AvgIpc) is 2.62. The van der Waals surface area contributed by atoms with Crippen molar-refractivity contribution in [2.45, 2.75) is 31.4 Å². The van der Waals surface area contributed by atoms with E-state index in [4.69, 9.17) is 5.11 Å². The Kier molecular flexibility index (Phi) is 3.90. The number of aromatic nitrogens is 1. The Balaban J connectivity index is 3.13. The van der Waals surface area contributed by atoms with Crippen LogP contribution in [-0.4, -0.2) is 25.1 Å². The third kappa shape index (κ3) is 2.58. The number of sulfonamides is 1. The highest BCUT2D eigenvalue weighted by atomic mass is 32.2. The maximum atomic E-state index is 11.5. The van der Waals surface area contributed by atoms with E-state index < -0.39 is 10.0 Å². The molecule has 1 rings (SSSR count). The molecular weight excluding hydrogens is 216 g/mol. The fraction of sp³-hybridized carbons (Fsp3) is 0.556. The Bertz CT molecular complexity index is 423. The Morgan fingerprint density at radius 2 is 2.20 bits per heavy atom. The summed E-state index contributed by atoms with van der Waals surface area (Å²) in [5, 5.41) is 9.06. The largest absolute Gasteiger partial charge is 0.390 e. The van der Waals surface area contributed by atoms with Gasteiger partial charge in [0.1, 0.15) is 0 Å². The number of hydrogen-bond acceptors (Lipinski definition) is 3. The van der Waals surface area contributed by atoms with Crippen molar-refractivity contribution in [3.8, 4) is 0 Å². The summed E-state index contributed by atoms with van der Waals surface area (Å²) in [6.45, 7) is 2.54. The first-order chi connectivity index (χ1) is 7.05.